The Labute approximate surface area is 185 Å². The van der Waals surface area contributed by atoms with Crippen LogP contribution in [0.2, 0.25) is 0 Å². The number of amides is 1. The second-order valence-corrected chi connectivity index (χ2v) is 7.54. The van der Waals surface area contributed by atoms with Gasteiger partial charge in [0.05, 0.1) is 28.0 Å². The number of anilines is 1. The molecular weight excluding hydrogens is 436 g/mol. The van der Waals surface area contributed by atoms with E-state index in [1.807, 2.05) is 6.07 Å². The molecule has 1 N–H and O–H groups in total. The summed E-state index contributed by atoms with van der Waals surface area (Å²) in [6, 6.07) is 21.9. The third-order valence-electron chi connectivity index (χ3n) is 4.47. The SMILES string of the molecule is O=C(CSc1nc2ccccc2c(=O)n1-c1ccccc1)Nc1ccccc1OC(F)F. The Morgan fingerprint density at radius 3 is 2.47 bits per heavy atom. The van der Waals surface area contributed by atoms with E-state index in [2.05, 4.69) is 15.0 Å². The number of carbonyl (C=O) groups excluding carboxylic acids is 1. The van der Waals surface area contributed by atoms with Crippen LogP contribution in [-0.4, -0.2) is 27.8 Å². The van der Waals surface area contributed by atoms with Gasteiger partial charge in [-0.05, 0) is 36.4 Å². The zero-order chi connectivity index (χ0) is 22.5. The lowest BCUT2D eigenvalue weighted by molar-refractivity contribution is -0.113. The highest BCUT2D eigenvalue weighted by atomic mass is 32.2. The Balaban J connectivity index is 1.61. The van der Waals surface area contributed by atoms with Crippen molar-refractivity contribution in [3.05, 3.63) is 89.2 Å². The molecular formula is C23H17F2N3O3S. The number of ether oxygens (including phenoxy) is 1. The first kappa shape index (κ1) is 21.5. The molecule has 0 radical (unpaired) electrons. The van der Waals surface area contributed by atoms with Gasteiger partial charge >= 0.3 is 6.61 Å². The predicted octanol–water partition coefficient (Wildman–Crippen LogP) is 4.72. The van der Waals surface area contributed by atoms with Gasteiger partial charge in [-0.1, -0.05) is 54.2 Å². The average molecular weight is 453 g/mol. The molecule has 0 bridgehead atoms. The Morgan fingerprint density at radius 2 is 1.69 bits per heavy atom. The molecule has 1 amide bonds. The molecule has 6 nitrogen and oxygen atoms in total. The van der Waals surface area contributed by atoms with Crippen LogP contribution in [0.15, 0.2) is 88.8 Å². The van der Waals surface area contributed by atoms with E-state index < -0.39 is 12.5 Å². The molecule has 4 aromatic rings. The first-order valence-corrected chi connectivity index (χ1v) is 10.5. The molecule has 0 atom stereocenters. The Kier molecular flexibility index (Phi) is 6.46. The van der Waals surface area contributed by atoms with Gasteiger partial charge < -0.3 is 10.1 Å². The summed E-state index contributed by atoms with van der Waals surface area (Å²) in [6.07, 6.45) is 0. The molecule has 4 rings (SSSR count). The lowest BCUT2D eigenvalue weighted by Gasteiger charge is -2.14. The number of hydrogen-bond donors (Lipinski definition) is 1. The van der Waals surface area contributed by atoms with Crippen LogP contribution < -0.4 is 15.6 Å². The fraction of sp³-hybridized carbons (Fsp3) is 0.0870. The van der Waals surface area contributed by atoms with Gasteiger partial charge in [0.15, 0.2) is 5.16 Å². The van der Waals surface area contributed by atoms with E-state index in [0.717, 1.165) is 11.8 Å². The molecule has 32 heavy (non-hydrogen) atoms. The van der Waals surface area contributed by atoms with Gasteiger partial charge in [-0.25, -0.2) is 4.98 Å². The quantitative estimate of drug-likeness (QED) is 0.324. The zero-order valence-corrected chi connectivity index (χ0v) is 17.4. The van der Waals surface area contributed by atoms with Gasteiger partial charge in [-0.2, -0.15) is 8.78 Å². The second-order valence-electron chi connectivity index (χ2n) is 6.60. The molecule has 3 aromatic carbocycles. The normalized spacial score (nSPS) is 11.0. The number of halogens is 2. The van der Waals surface area contributed by atoms with Crippen molar-refractivity contribution >= 4 is 34.3 Å². The lowest BCUT2D eigenvalue weighted by atomic mass is 10.2. The summed E-state index contributed by atoms with van der Waals surface area (Å²) in [5, 5.41) is 3.37. The van der Waals surface area contributed by atoms with Crippen LogP contribution in [-0.2, 0) is 4.79 Å². The number of fused-ring (bicyclic) bond motifs is 1. The van der Waals surface area contributed by atoms with Crippen molar-refractivity contribution in [2.75, 3.05) is 11.1 Å². The molecule has 0 aliphatic carbocycles. The van der Waals surface area contributed by atoms with Crippen molar-refractivity contribution in [2.45, 2.75) is 11.8 Å². The largest absolute Gasteiger partial charge is 0.433 e. The number of aromatic nitrogens is 2. The highest BCUT2D eigenvalue weighted by molar-refractivity contribution is 7.99. The highest BCUT2D eigenvalue weighted by Crippen LogP contribution is 2.26. The molecule has 0 saturated heterocycles. The molecule has 0 aliphatic heterocycles. The van der Waals surface area contributed by atoms with Gasteiger partial charge in [-0.15, -0.1) is 0 Å². The smallest absolute Gasteiger partial charge is 0.387 e. The summed E-state index contributed by atoms with van der Waals surface area (Å²) in [6.45, 7) is -3.01. The molecule has 1 heterocycles. The number of benzene rings is 3. The van der Waals surface area contributed by atoms with Gasteiger partial charge in [0.1, 0.15) is 5.75 Å². The third kappa shape index (κ3) is 4.78. The summed E-state index contributed by atoms with van der Waals surface area (Å²) in [5.41, 5.74) is 1.02. The van der Waals surface area contributed by atoms with Crippen LogP contribution >= 0.6 is 11.8 Å². The minimum Gasteiger partial charge on any atom is -0.433 e. The number of carbonyl (C=O) groups is 1. The van der Waals surface area contributed by atoms with Crippen LogP contribution in [0.3, 0.4) is 0 Å². The maximum Gasteiger partial charge on any atom is 0.387 e. The number of nitrogens with one attached hydrogen (secondary N) is 1. The molecule has 162 valence electrons. The van der Waals surface area contributed by atoms with Crippen molar-refractivity contribution < 1.29 is 18.3 Å². The topological polar surface area (TPSA) is 73.2 Å². The van der Waals surface area contributed by atoms with Crippen LogP contribution in [0.4, 0.5) is 14.5 Å². The first-order valence-electron chi connectivity index (χ1n) is 9.56. The van der Waals surface area contributed by atoms with Gasteiger partial charge in [0.25, 0.3) is 5.56 Å². The number of alkyl halides is 2. The number of rotatable bonds is 7. The number of nitrogens with zero attached hydrogens (tertiary/aromatic N) is 2. The maximum absolute atomic E-state index is 13.2. The van der Waals surface area contributed by atoms with Crippen molar-refractivity contribution in [1.82, 2.24) is 9.55 Å². The van der Waals surface area contributed by atoms with Crippen LogP contribution in [0.5, 0.6) is 5.75 Å². The molecule has 0 unspecified atom stereocenters. The van der Waals surface area contributed by atoms with E-state index >= 15 is 0 Å². The summed E-state index contributed by atoms with van der Waals surface area (Å²) in [7, 11) is 0. The van der Waals surface area contributed by atoms with Crippen molar-refractivity contribution in [1.29, 1.82) is 0 Å². The fourth-order valence-electron chi connectivity index (χ4n) is 3.10. The molecule has 0 saturated carbocycles. The minimum absolute atomic E-state index is 0.0966. The van der Waals surface area contributed by atoms with E-state index in [-0.39, 0.29) is 22.7 Å². The Hall–Kier alpha value is -3.72. The van der Waals surface area contributed by atoms with E-state index in [4.69, 9.17) is 0 Å². The third-order valence-corrected chi connectivity index (χ3v) is 5.41. The maximum atomic E-state index is 13.2. The molecule has 0 spiro atoms. The molecule has 9 heteroatoms. The number of para-hydroxylation sites is 4. The van der Waals surface area contributed by atoms with Gasteiger partial charge in [-0.3, -0.25) is 14.2 Å². The van der Waals surface area contributed by atoms with Crippen LogP contribution in [0, 0.1) is 0 Å². The van der Waals surface area contributed by atoms with E-state index in [1.165, 1.54) is 22.8 Å². The van der Waals surface area contributed by atoms with E-state index in [1.54, 1.807) is 54.6 Å². The predicted molar refractivity (Wildman–Crippen MR) is 120 cm³/mol. The zero-order valence-electron chi connectivity index (χ0n) is 16.6. The van der Waals surface area contributed by atoms with Gasteiger partial charge in [0, 0.05) is 0 Å². The van der Waals surface area contributed by atoms with Crippen molar-refractivity contribution in [2.24, 2.45) is 0 Å². The summed E-state index contributed by atoms with van der Waals surface area (Å²) < 4.78 is 31.1. The van der Waals surface area contributed by atoms with Crippen LogP contribution in [0.1, 0.15) is 0 Å². The Morgan fingerprint density at radius 1 is 1.00 bits per heavy atom. The minimum atomic E-state index is -3.01. The molecule has 0 fully saturated rings. The fourth-order valence-corrected chi connectivity index (χ4v) is 3.91. The standard InChI is InChI=1S/C23H17F2N3O3S/c24-22(25)31-19-13-7-6-12-18(19)26-20(29)14-32-23-27-17-11-5-4-10-16(17)21(30)28(23)15-8-2-1-3-9-15/h1-13,22H,14H2,(H,26,29). The first-order chi connectivity index (χ1) is 15.5. The number of thioether (sulfide) groups is 1. The molecule has 0 aliphatic rings. The van der Waals surface area contributed by atoms with E-state index in [0.29, 0.717) is 21.7 Å². The highest BCUT2D eigenvalue weighted by Gasteiger charge is 2.16. The number of hydrogen-bond acceptors (Lipinski definition) is 5. The summed E-state index contributed by atoms with van der Waals surface area (Å²) in [5.74, 6) is -0.686. The second kappa shape index (κ2) is 9.61. The summed E-state index contributed by atoms with van der Waals surface area (Å²) >= 11 is 1.07. The van der Waals surface area contributed by atoms with Crippen molar-refractivity contribution in [3.63, 3.8) is 0 Å². The van der Waals surface area contributed by atoms with Crippen LogP contribution in [0.25, 0.3) is 16.6 Å². The molecule has 1 aromatic heterocycles. The summed E-state index contributed by atoms with van der Waals surface area (Å²) in [4.78, 5) is 30.3. The van der Waals surface area contributed by atoms with E-state index in [9.17, 15) is 18.4 Å². The Bertz CT molecular complexity index is 1310. The van der Waals surface area contributed by atoms with Crippen molar-refractivity contribution in [3.8, 4) is 11.4 Å². The van der Waals surface area contributed by atoms with Gasteiger partial charge in [0.2, 0.25) is 5.91 Å². The monoisotopic (exact) mass is 453 g/mol. The average Bonchev–Trinajstić information content (AvgIpc) is 2.79. The lowest BCUT2D eigenvalue weighted by Crippen LogP contribution is -2.23.